The summed E-state index contributed by atoms with van der Waals surface area (Å²) < 4.78 is 18.4. The zero-order chi connectivity index (χ0) is 13.8. The van der Waals surface area contributed by atoms with E-state index in [0.29, 0.717) is 17.4 Å². The Balaban J connectivity index is 2.01. The molecular formula is C14H16FNO2S. The lowest BCUT2D eigenvalue weighted by Gasteiger charge is -2.12. The Labute approximate surface area is 115 Å². The maximum Gasteiger partial charge on any atom is 0.204 e. The van der Waals surface area contributed by atoms with E-state index in [1.54, 1.807) is 37.0 Å². The first-order valence-electron chi connectivity index (χ1n) is 6.06. The van der Waals surface area contributed by atoms with E-state index in [2.05, 4.69) is 4.98 Å². The lowest BCUT2D eigenvalue weighted by Crippen LogP contribution is -2.15. The summed E-state index contributed by atoms with van der Waals surface area (Å²) in [7, 11) is 0. The van der Waals surface area contributed by atoms with Crippen molar-refractivity contribution in [3.63, 3.8) is 0 Å². The summed E-state index contributed by atoms with van der Waals surface area (Å²) in [5.41, 5.74) is 0.800. The first kappa shape index (κ1) is 14.1. The van der Waals surface area contributed by atoms with Crippen molar-refractivity contribution in [1.29, 1.82) is 0 Å². The van der Waals surface area contributed by atoms with E-state index in [4.69, 9.17) is 4.42 Å². The van der Waals surface area contributed by atoms with Gasteiger partial charge in [0.15, 0.2) is 5.76 Å². The molecule has 0 saturated heterocycles. The van der Waals surface area contributed by atoms with Crippen molar-refractivity contribution < 1.29 is 13.9 Å². The van der Waals surface area contributed by atoms with Gasteiger partial charge < -0.3 is 9.52 Å². The van der Waals surface area contributed by atoms with Crippen LogP contribution in [0.25, 0.3) is 11.3 Å². The molecule has 2 rings (SSSR count). The Hall–Kier alpha value is -1.33. The van der Waals surface area contributed by atoms with Crippen LogP contribution in [0.1, 0.15) is 19.7 Å². The van der Waals surface area contributed by atoms with Crippen molar-refractivity contribution in [2.75, 3.05) is 0 Å². The van der Waals surface area contributed by atoms with Crippen LogP contribution in [0.2, 0.25) is 0 Å². The number of thioether (sulfide) groups is 1. The molecule has 1 aromatic heterocycles. The van der Waals surface area contributed by atoms with Crippen molar-refractivity contribution in [2.24, 2.45) is 0 Å². The first-order valence-corrected chi connectivity index (χ1v) is 7.11. The minimum absolute atomic E-state index is 0.126. The lowest BCUT2D eigenvalue weighted by atomic mass is 10.2. The average Bonchev–Trinajstić information content (AvgIpc) is 2.85. The number of hydrogen-bond acceptors (Lipinski definition) is 4. The second-order valence-electron chi connectivity index (χ2n) is 4.38. The normalized spacial score (nSPS) is 14.3. The number of nitrogens with zero attached hydrogens (tertiary/aromatic N) is 1. The fourth-order valence-corrected chi connectivity index (χ4v) is 2.28. The number of aliphatic hydroxyl groups is 1. The Morgan fingerprint density at radius 1 is 1.32 bits per heavy atom. The highest BCUT2D eigenvalue weighted by molar-refractivity contribution is 7.99. The molecule has 102 valence electrons. The molecule has 2 atom stereocenters. The van der Waals surface area contributed by atoms with Crippen LogP contribution in [-0.2, 0) is 5.75 Å². The summed E-state index contributed by atoms with van der Waals surface area (Å²) in [5.74, 6) is 1.56. The third kappa shape index (κ3) is 3.81. The van der Waals surface area contributed by atoms with Crippen molar-refractivity contribution in [2.45, 2.75) is 31.0 Å². The fourth-order valence-electron chi connectivity index (χ4n) is 1.47. The molecule has 0 spiro atoms. The fraction of sp³-hybridized carbons (Fsp3) is 0.357. The van der Waals surface area contributed by atoms with Crippen LogP contribution >= 0.6 is 11.8 Å². The predicted molar refractivity (Wildman–Crippen MR) is 74.3 cm³/mol. The van der Waals surface area contributed by atoms with Gasteiger partial charge in [0.1, 0.15) is 5.82 Å². The predicted octanol–water partition coefficient (Wildman–Crippen LogP) is 3.48. The first-order chi connectivity index (χ1) is 9.06. The van der Waals surface area contributed by atoms with Crippen LogP contribution in [0.3, 0.4) is 0 Å². The van der Waals surface area contributed by atoms with Crippen molar-refractivity contribution in [3.05, 3.63) is 42.2 Å². The number of aliphatic hydroxyl groups excluding tert-OH is 1. The highest BCUT2D eigenvalue weighted by Gasteiger charge is 2.12. The van der Waals surface area contributed by atoms with Gasteiger partial charge in [0.05, 0.1) is 18.1 Å². The van der Waals surface area contributed by atoms with Crippen LogP contribution in [0, 0.1) is 5.82 Å². The summed E-state index contributed by atoms with van der Waals surface area (Å²) in [5, 5.41) is 9.53. The highest BCUT2D eigenvalue weighted by Crippen LogP contribution is 2.24. The smallest absolute Gasteiger partial charge is 0.204 e. The summed E-state index contributed by atoms with van der Waals surface area (Å²) in [6, 6.07) is 6.10. The van der Waals surface area contributed by atoms with Crippen LogP contribution in [0.15, 0.2) is 34.9 Å². The van der Waals surface area contributed by atoms with Gasteiger partial charge in [0.25, 0.3) is 0 Å². The third-order valence-electron chi connectivity index (χ3n) is 2.83. The van der Waals surface area contributed by atoms with Crippen LogP contribution in [0.4, 0.5) is 4.39 Å². The van der Waals surface area contributed by atoms with E-state index in [0.717, 1.165) is 5.56 Å². The molecular weight excluding hydrogens is 265 g/mol. The number of aromatic nitrogens is 1. The van der Waals surface area contributed by atoms with E-state index >= 15 is 0 Å². The Morgan fingerprint density at radius 3 is 2.63 bits per heavy atom. The summed E-state index contributed by atoms with van der Waals surface area (Å²) >= 11 is 1.58. The Bertz CT molecular complexity index is 524. The standard InChI is InChI=1S/C14H16FNO2S/c1-9(17)10(2)19-8-14-16-7-13(18-14)11-3-5-12(15)6-4-11/h3-7,9-10,17H,8H2,1-2H3. The van der Waals surface area contributed by atoms with Gasteiger partial charge in [-0.2, -0.15) is 0 Å². The van der Waals surface area contributed by atoms with Gasteiger partial charge in [-0.25, -0.2) is 9.37 Å². The summed E-state index contributed by atoms with van der Waals surface area (Å²) in [6.07, 6.45) is 1.27. The number of oxazole rings is 1. The molecule has 0 aliphatic rings. The molecule has 0 radical (unpaired) electrons. The van der Waals surface area contributed by atoms with Gasteiger partial charge in [-0.15, -0.1) is 11.8 Å². The number of benzene rings is 1. The molecule has 1 N–H and O–H groups in total. The number of hydrogen-bond donors (Lipinski definition) is 1. The van der Waals surface area contributed by atoms with Gasteiger partial charge in [0, 0.05) is 10.8 Å². The van der Waals surface area contributed by atoms with E-state index in [1.165, 1.54) is 12.1 Å². The highest BCUT2D eigenvalue weighted by atomic mass is 32.2. The second kappa shape index (κ2) is 6.21. The van der Waals surface area contributed by atoms with Crippen LogP contribution < -0.4 is 0 Å². The number of rotatable bonds is 5. The molecule has 5 heteroatoms. The molecule has 2 aromatic rings. The molecule has 1 aromatic carbocycles. The molecule has 0 saturated carbocycles. The van der Waals surface area contributed by atoms with E-state index in [1.807, 2.05) is 6.92 Å². The van der Waals surface area contributed by atoms with E-state index in [-0.39, 0.29) is 17.2 Å². The molecule has 0 fully saturated rings. The molecule has 19 heavy (non-hydrogen) atoms. The van der Waals surface area contributed by atoms with Crippen molar-refractivity contribution >= 4 is 11.8 Å². The van der Waals surface area contributed by atoms with Gasteiger partial charge in [-0.05, 0) is 31.2 Å². The van der Waals surface area contributed by atoms with Crippen molar-refractivity contribution in [1.82, 2.24) is 4.98 Å². The van der Waals surface area contributed by atoms with Crippen molar-refractivity contribution in [3.8, 4) is 11.3 Å². The SMILES string of the molecule is CC(O)C(C)SCc1ncc(-c2ccc(F)cc2)o1. The monoisotopic (exact) mass is 281 g/mol. The Morgan fingerprint density at radius 2 is 2.00 bits per heavy atom. The molecule has 0 amide bonds. The maximum absolute atomic E-state index is 12.8. The van der Waals surface area contributed by atoms with E-state index in [9.17, 15) is 9.50 Å². The quantitative estimate of drug-likeness (QED) is 0.911. The molecule has 1 heterocycles. The van der Waals surface area contributed by atoms with Gasteiger partial charge in [-0.3, -0.25) is 0 Å². The Kier molecular flexibility index (Phi) is 4.61. The minimum Gasteiger partial charge on any atom is -0.440 e. The van der Waals surface area contributed by atoms with Crippen LogP contribution in [-0.4, -0.2) is 21.4 Å². The maximum atomic E-state index is 12.8. The zero-order valence-electron chi connectivity index (χ0n) is 10.8. The summed E-state index contributed by atoms with van der Waals surface area (Å²) in [6.45, 7) is 3.72. The van der Waals surface area contributed by atoms with E-state index < -0.39 is 0 Å². The largest absolute Gasteiger partial charge is 0.440 e. The zero-order valence-corrected chi connectivity index (χ0v) is 11.7. The molecule has 0 aliphatic heterocycles. The van der Waals surface area contributed by atoms with Gasteiger partial charge in [-0.1, -0.05) is 6.92 Å². The molecule has 0 bridgehead atoms. The number of halogens is 1. The van der Waals surface area contributed by atoms with Gasteiger partial charge >= 0.3 is 0 Å². The summed E-state index contributed by atoms with van der Waals surface area (Å²) in [4.78, 5) is 4.18. The molecule has 3 nitrogen and oxygen atoms in total. The topological polar surface area (TPSA) is 46.3 Å². The molecule has 0 aliphatic carbocycles. The minimum atomic E-state index is -0.364. The van der Waals surface area contributed by atoms with Gasteiger partial charge in [0.2, 0.25) is 5.89 Å². The average molecular weight is 281 g/mol. The second-order valence-corrected chi connectivity index (χ2v) is 5.75. The lowest BCUT2D eigenvalue weighted by molar-refractivity contribution is 0.196. The van der Waals surface area contributed by atoms with Crippen LogP contribution in [0.5, 0.6) is 0 Å². The molecule has 2 unspecified atom stereocenters. The third-order valence-corrected chi connectivity index (χ3v) is 4.16.